The van der Waals surface area contributed by atoms with Crippen LogP contribution in [-0.2, 0) is 0 Å². The lowest BCUT2D eigenvalue weighted by molar-refractivity contribution is 0.0931. The number of hydrogen-bond donors (Lipinski definition) is 1. The van der Waals surface area contributed by atoms with Crippen LogP contribution in [0, 0.1) is 0 Å². The highest BCUT2D eigenvalue weighted by atomic mass is 16.1. The van der Waals surface area contributed by atoms with E-state index in [0.717, 1.165) is 5.56 Å². The lowest BCUT2D eigenvalue weighted by Crippen LogP contribution is -2.29. The van der Waals surface area contributed by atoms with E-state index in [1.807, 2.05) is 78.9 Å². The Morgan fingerprint density at radius 3 is 1.77 bits per heavy atom. The molecule has 0 aliphatic rings. The molecule has 3 heteroatoms. The molecular weight excluding hydrogens is 322 g/mol. The average Bonchev–Trinajstić information content (AvgIpc) is 2.72. The Labute approximate surface area is 153 Å². The van der Waals surface area contributed by atoms with E-state index < -0.39 is 0 Å². The highest BCUT2D eigenvalue weighted by Crippen LogP contribution is 2.21. The molecule has 0 fully saturated rings. The molecule has 1 atom stereocenters. The number of amides is 1. The number of hydrogen-bond acceptors (Lipinski definition) is 2. The number of benzene rings is 3. The molecule has 0 aromatic heterocycles. The first-order valence-electron chi connectivity index (χ1n) is 8.70. The zero-order valence-electron chi connectivity index (χ0n) is 14.5. The van der Waals surface area contributed by atoms with Crippen LogP contribution >= 0.6 is 0 Å². The molecule has 3 aromatic carbocycles. The Morgan fingerprint density at radius 1 is 0.692 bits per heavy atom. The van der Waals surface area contributed by atoms with Gasteiger partial charge in [0, 0.05) is 30.0 Å². The number of ketones is 1. The third kappa shape index (κ3) is 4.67. The van der Waals surface area contributed by atoms with Crippen LogP contribution in [0.15, 0.2) is 91.0 Å². The Kier molecular flexibility index (Phi) is 5.94. The molecule has 3 aromatic rings. The van der Waals surface area contributed by atoms with Crippen molar-refractivity contribution in [3.8, 4) is 0 Å². The Balaban J connectivity index is 1.72. The molecule has 1 amide bonds. The van der Waals surface area contributed by atoms with Crippen LogP contribution in [-0.4, -0.2) is 18.2 Å². The SMILES string of the molecule is O=C(CC(CNC(=O)c1ccccc1)c1ccccc1)c1ccccc1. The lowest BCUT2D eigenvalue weighted by atomic mass is 9.91. The van der Waals surface area contributed by atoms with Crippen molar-refractivity contribution in [2.24, 2.45) is 0 Å². The molecule has 0 spiro atoms. The summed E-state index contributed by atoms with van der Waals surface area (Å²) in [6.07, 6.45) is 0.350. The largest absolute Gasteiger partial charge is 0.351 e. The van der Waals surface area contributed by atoms with Crippen molar-refractivity contribution in [2.45, 2.75) is 12.3 Å². The normalized spacial score (nSPS) is 11.5. The van der Waals surface area contributed by atoms with Crippen LogP contribution < -0.4 is 5.32 Å². The standard InChI is InChI=1S/C23H21NO2/c25-22(19-12-6-2-7-13-19)16-21(18-10-4-1-5-11-18)17-24-23(26)20-14-8-3-9-15-20/h1-15,21H,16-17H2,(H,24,26). The molecule has 0 heterocycles. The molecule has 130 valence electrons. The van der Waals surface area contributed by atoms with Crippen molar-refractivity contribution in [3.63, 3.8) is 0 Å². The van der Waals surface area contributed by atoms with Gasteiger partial charge in [0.25, 0.3) is 5.91 Å². The summed E-state index contributed by atoms with van der Waals surface area (Å²) in [5.74, 6) is -0.122. The highest BCUT2D eigenvalue weighted by Gasteiger charge is 2.18. The van der Waals surface area contributed by atoms with E-state index in [-0.39, 0.29) is 17.6 Å². The second-order valence-electron chi connectivity index (χ2n) is 6.18. The van der Waals surface area contributed by atoms with Gasteiger partial charge in [-0.25, -0.2) is 0 Å². The predicted octanol–water partition coefficient (Wildman–Crippen LogP) is 4.47. The van der Waals surface area contributed by atoms with E-state index in [4.69, 9.17) is 0 Å². The lowest BCUT2D eigenvalue weighted by Gasteiger charge is -2.18. The van der Waals surface area contributed by atoms with Gasteiger partial charge in [-0.2, -0.15) is 0 Å². The molecule has 0 radical (unpaired) electrons. The fraction of sp³-hybridized carbons (Fsp3) is 0.130. The fourth-order valence-electron chi connectivity index (χ4n) is 2.91. The van der Waals surface area contributed by atoms with Gasteiger partial charge in [0.05, 0.1) is 0 Å². The van der Waals surface area contributed by atoms with Gasteiger partial charge in [0.2, 0.25) is 0 Å². The number of Topliss-reactive ketones (excluding diaryl/α,β-unsaturated/α-hetero) is 1. The van der Waals surface area contributed by atoms with Crippen LogP contribution in [0.5, 0.6) is 0 Å². The van der Waals surface area contributed by atoms with Gasteiger partial charge in [0.15, 0.2) is 5.78 Å². The first-order valence-corrected chi connectivity index (χ1v) is 8.70. The molecule has 0 aliphatic carbocycles. The molecule has 3 nitrogen and oxygen atoms in total. The van der Waals surface area contributed by atoms with Crippen LogP contribution in [0.2, 0.25) is 0 Å². The average molecular weight is 343 g/mol. The predicted molar refractivity (Wildman–Crippen MR) is 103 cm³/mol. The van der Waals surface area contributed by atoms with E-state index in [9.17, 15) is 9.59 Å². The second-order valence-corrected chi connectivity index (χ2v) is 6.18. The van der Waals surface area contributed by atoms with Crippen molar-refractivity contribution >= 4 is 11.7 Å². The molecule has 0 aliphatic heterocycles. The van der Waals surface area contributed by atoms with Gasteiger partial charge in [-0.05, 0) is 17.7 Å². The zero-order valence-corrected chi connectivity index (χ0v) is 14.5. The summed E-state index contributed by atoms with van der Waals surface area (Å²) >= 11 is 0. The van der Waals surface area contributed by atoms with Crippen LogP contribution in [0.3, 0.4) is 0 Å². The summed E-state index contributed by atoms with van der Waals surface area (Å²) < 4.78 is 0. The van der Waals surface area contributed by atoms with Crippen molar-refractivity contribution in [3.05, 3.63) is 108 Å². The van der Waals surface area contributed by atoms with Gasteiger partial charge in [0.1, 0.15) is 0 Å². The van der Waals surface area contributed by atoms with Crippen LogP contribution in [0.1, 0.15) is 38.6 Å². The molecule has 0 saturated carbocycles. The topological polar surface area (TPSA) is 46.2 Å². The Hall–Kier alpha value is -3.20. The summed E-state index contributed by atoms with van der Waals surface area (Å²) in [6, 6.07) is 28.2. The highest BCUT2D eigenvalue weighted by molar-refractivity contribution is 5.97. The van der Waals surface area contributed by atoms with E-state index in [2.05, 4.69) is 5.32 Å². The maximum Gasteiger partial charge on any atom is 0.251 e. The maximum atomic E-state index is 12.6. The van der Waals surface area contributed by atoms with Gasteiger partial charge < -0.3 is 5.32 Å². The molecular formula is C23H21NO2. The third-order valence-electron chi connectivity index (χ3n) is 4.34. The first-order chi connectivity index (χ1) is 12.7. The number of nitrogens with one attached hydrogen (secondary N) is 1. The number of rotatable bonds is 7. The molecule has 0 saturated heterocycles. The van der Waals surface area contributed by atoms with E-state index >= 15 is 0 Å². The smallest absolute Gasteiger partial charge is 0.251 e. The summed E-state index contributed by atoms with van der Waals surface area (Å²) in [4.78, 5) is 25.0. The van der Waals surface area contributed by atoms with Gasteiger partial charge in [-0.3, -0.25) is 9.59 Å². The zero-order chi connectivity index (χ0) is 18.2. The van der Waals surface area contributed by atoms with Gasteiger partial charge in [-0.15, -0.1) is 0 Å². The van der Waals surface area contributed by atoms with Crippen molar-refractivity contribution < 1.29 is 9.59 Å². The van der Waals surface area contributed by atoms with Crippen molar-refractivity contribution in [2.75, 3.05) is 6.54 Å². The van der Waals surface area contributed by atoms with Crippen LogP contribution in [0.4, 0.5) is 0 Å². The Morgan fingerprint density at radius 2 is 1.19 bits per heavy atom. The minimum atomic E-state index is -0.126. The maximum absolute atomic E-state index is 12.6. The molecule has 3 rings (SSSR count). The van der Waals surface area contributed by atoms with E-state index in [0.29, 0.717) is 24.1 Å². The number of carbonyl (C=O) groups excluding carboxylic acids is 2. The molecule has 0 bridgehead atoms. The Bertz CT molecular complexity index is 845. The van der Waals surface area contributed by atoms with E-state index in [1.54, 1.807) is 12.1 Å². The van der Waals surface area contributed by atoms with Crippen molar-refractivity contribution in [1.29, 1.82) is 0 Å². The molecule has 1 N–H and O–H groups in total. The minimum absolute atomic E-state index is 0.0726. The summed E-state index contributed by atoms with van der Waals surface area (Å²) in [6.45, 7) is 0.413. The van der Waals surface area contributed by atoms with Gasteiger partial charge in [-0.1, -0.05) is 78.9 Å². The fourth-order valence-corrected chi connectivity index (χ4v) is 2.91. The second kappa shape index (κ2) is 8.77. The first kappa shape index (κ1) is 17.6. The minimum Gasteiger partial charge on any atom is -0.351 e. The van der Waals surface area contributed by atoms with Crippen molar-refractivity contribution in [1.82, 2.24) is 5.32 Å². The third-order valence-corrected chi connectivity index (χ3v) is 4.34. The van der Waals surface area contributed by atoms with Gasteiger partial charge >= 0.3 is 0 Å². The van der Waals surface area contributed by atoms with E-state index in [1.165, 1.54) is 0 Å². The summed E-state index contributed by atoms with van der Waals surface area (Å²) in [5, 5.41) is 2.96. The summed E-state index contributed by atoms with van der Waals surface area (Å²) in [7, 11) is 0. The summed E-state index contributed by atoms with van der Waals surface area (Å²) in [5.41, 5.74) is 2.36. The van der Waals surface area contributed by atoms with Crippen LogP contribution in [0.25, 0.3) is 0 Å². The monoisotopic (exact) mass is 343 g/mol. The molecule has 1 unspecified atom stereocenters. The number of carbonyl (C=O) groups is 2. The quantitative estimate of drug-likeness (QED) is 0.643. The molecule has 26 heavy (non-hydrogen) atoms.